The Kier molecular flexibility index (Phi) is 10.3. The number of nitrogens with zero attached hydrogens (tertiary/aromatic N) is 1. The zero-order valence-electron chi connectivity index (χ0n) is 26.1. The number of hydrogen-bond acceptors (Lipinski definition) is 7. The molecule has 3 amide bonds. The van der Waals surface area contributed by atoms with E-state index < -0.39 is 11.2 Å². The highest BCUT2D eigenvalue weighted by molar-refractivity contribution is 5.70. The number of rotatable bonds is 4. The molecule has 6 atom stereocenters. The second-order valence-corrected chi connectivity index (χ2v) is 14.1. The van der Waals surface area contributed by atoms with E-state index in [1.165, 1.54) is 12.8 Å². The van der Waals surface area contributed by atoms with Gasteiger partial charge in [-0.15, -0.1) is 0 Å². The molecular formula is C32H50N4O6. The lowest BCUT2D eigenvalue weighted by atomic mass is 9.98. The summed E-state index contributed by atoms with van der Waals surface area (Å²) in [6.45, 7) is 11.5. The second kappa shape index (κ2) is 13.5. The van der Waals surface area contributed by atoms with Gasteiger partial charge in [-0.3, -0.25) is 0 Å². The average molecular weight is 587 g/mol. The predicted molar refractivity (Wildman–Crippen MR) is 160 cm³/mol. The minimum Gasteiger partial charge on any atom is -0.445 e. The molecule has 4 aliphatic rings. The van der Waals surface area contributed by atoms with E-state index in [2.05, 4.69) is 16.0 Å². The number of ether oxygens (including phenoxy) is 3. The van der Waals surface area contributed by atoms with Gasteiger partial charge in [-0.2, -0.15) is 0 Å². The molecule has 0 spiro atoms. The molecule has 4 heterocycles. The van der Waals surface area contributed by atoms with Gasteiger partial charge in [0.2, 0.25) is 0 Å². The zero-order chi connectivity index (χ0) is 30.5. The number of nitrogens with one attached hydrogen (secondary N) is 3. The fraction of sp³-hybridized carbons (Fsp3) is 0.719. The van der Waals surface area contributed by atoms with Gasteiger partial charge in [0.1, 0.15) is 17.8 Å². The highest BCUT2D eigenvalue weighted by Crippen LogP contribution is 2.36. The Hall–Kier alpha value is -3.01. The van der Waals surface area contributed by atoms with E-state index in [1.54, 1.807) is 0 Å². The lowest BCUT2D eigenvalue weighted by Gasteiger charge is -2.38. The lowest BCUT2D eigenvalue weighted by molar-refractivity contribution is 0.0400. The van der Waals surface area contributed by atoms with Gasteiger partial charge in [0.25, 0.3) is 0 Å². The summed E-state index contributed by atoms with van der Waals surface area (Å²) >= 11 is 0. The molecule has 4 fully saturated rings. The van der Waals surface area contributed by atoms with Crippen LogP contribution in [-0.4, -0.2) is 70.6 Å². The smallest absolute Gasteiger partial charge is 0.410 e. The van der Waals surface area contributed by atoms with Crippen molar-refractivity contribution in [3.63, 3.8) is 0 Å². The van der Waals surface area contributed by atoms with Crippen LogP contribution in [0.25, 0.3) is 0 Å². The first-order valence-corrected chi connectivity index (χ1v) is 15.5. The van der Waals surface area contributed by atoms with Gasteiger partial charge in [0.15, 0.2) is 0 Å². The average Bonchev–Trinajstić information content (AvgIpc) is 3.35. The van der Waals surface area contributed by atoms with Crippen LogP contribution in [0.3, 0.4) is 0 Å². The van der Waals surface area contributed by atoms with Crippen molar-refractivity contribution in [2.45, 2.75) is 147 Å². The summed E-state index contributed by atoms with van der Waals surface area (Å²) in [6.07, 6.45) is 7.05. The summed E-state index contributed by atoms with van der Waals surface area (Å²) in [5.41, 5.74) is 0.0655. The molecule has 234 valence electrons. The van der Waals surface area contributed by atoms with Gasteiger partial charge in [-0.25, -0.2) is 14.4 Å². The number of alkyl carbamates (subject to hydrolysis) is 2. The fourth-order valence-corrected chi connectivity index (χ4v) is 6.51. The largest absolute Gasteiger partial charge is 0.445 e. The van der Waals surface area contributed by atoms with Crippen LogP contribution in [0.15, 0.2) is 30.3 Å². The van der Waals surface area contributed by atoms with Gasteiger partial charge in [0.05, 0.1) is 0 Å². The molecule has 4 bridgehead atoms. The third-order valence-corrected chi connectivity index (χ3v) is 8.06. The van der Waals surface area contributed by atoms with E-state index in [-0.39, 0.29) is 49.1 Å². The molecule has 3 N–H and O–H groups in total. The highest BCUT2D eigenvalue weighted by Gasteiger charge is 2.44. The van der Waals surface area contributed by atoms with Crippen molar-refractivity contribution in [1.82, 2.24) is 20.9 Å². The van der Waals surface area contributed by atoms with Crippen molar-refractivity contribution in [1.29, 1.82) is 0 Å². The van der Waals surface area contributed by atoms with Crippen molar-refractivity contribution in [3.8, 4) is 0 Å². The number of carbonyl (C=O) groups is 3. The lowest BCUT2D eigenvalue weighted by Crippen LogP contribution is -2.53. The first-order valence-electron chi connectivity index (χ1n) is 15.5. The van der Waals surface area contributed by atoms with Crippen LogP contribution < -0.4 is 16.0 Å². The third kappa shape index (κ3) is 9.78. The fourth-order valence-electron chi connectivity index (χ4n) is 6.51. The van der Waals surface area contributed by atoms with Crippen LogP contribution >= 0.6 is 0 Å². The van der Waals surface area contributed by atoms with Crippen LogP contribution in [-0.2, 0) is 20.8 Å². The van der Waals surface area contributed by atoms with Crippen molar-refractivity contribution in [2.24, 2.45) is 0 Å². The molecular weight excluding hydrogens is 536 g/mol. The van der Waals surface area contributed by atoms with Crippen LogP contribution in [0, 0.1) is 0 Å². The van der Waals surface area contributed by atoms with Gasteiger partial charge in [0, 0.05) is 36.3 Å². The maximum Gasteiger partial charge on any atom is 0.410 e. The number of fused-ring (bicyclic) bond motifs is 4. The molecule has 42 heavy (non-hydrogen) atoms. The number of piperidine rings is 2. The summed E-state index contributed by atoms with van der Waals surface area (Å²) in [6, 6.07) is 11.5. The maximum atomic E-state index is 12.5. The van der Waals surface area contributed by atoms with Crippen molar-refractivity contribution in [2.75, 3.05) is 0 Å². The quantitative estimate of drug-likeness (QED) is 0.391. The molecule has 1 aromatic rings. The number of benzene rings is 1. The van der Waals surface area contributed by atoms with E-state index in [9.17, 15) is 14.4 Å². The summed E-state index contributed by atoms with van der Waals surface area (Å²) < 4.78 is 16.1. The van der Waals surface area contributed by atoms with Crippen molar-refractivity contribution in [3.05, 3.63) is 35.9 Å². The molecule has 10 heteroatoms. The van der Waals surface area contributed by atoms with Crippen LogP contribution in [0.2, 0.25) is 0 Å². The topological polar surface area (TPSA) is 118 Å². The molecule has 0 aromatic heterocycles. The van der Waals surface area contributed by atoms with E-state index in [0.717, 1.165) is 44.1 Å². The van der Waals surface area contributed by atoms with Gasteiger partial charge in [-0.05, 0) is 98.5 Å². The van der Waals surface area contributed by atoms with Gasteiger partial charge >= 0.3 is 18.3 Å². The second-order valence-electron chi connectivity index (χ2n) is 14.1. The third-order valence-electron chi connectivity index (χ3n) is 8.06. The Balaban J connectivity index is 0.000000216. The molecule has 0 saturated carbocycles. The Labute approximate surface area is 250 Å². The Morgan fingerprint density at radius 3 is 1.71 bits per heavy atom. The summed E-state index contributed by atoms with van der Waals surface area (Å²) in [5.74, 6) is 0. The van der Waals surface area contributed by atoms with Crippen LogP contribution in [0.1, 0.15) is 98.5 Å². The van der Waals surface area contributed by atoms with E-state index >= 15 is 0 Å². The van der Waals surface area contributed by atoms with Crippen molar-refractivity contribution >= 4 is 18.3 Å². The Morgan fingerprint density at radius 1 is 0.762 bits per heavy atom. The molecule has 1 aromatic carbocycles. The monoisotopic (exact) mass is 586 g/mol. The molecule has 4 aliphatic heterocycles. The van der Waals surface area contributed by atoms with E-state index in [1.807, 2.05) is 76.8 Å². The minimum absolute atomic E-state index is 0.0422. The molecule has 10 nitrogen and oxygen atoms in total. The minimum atomic E-state index is -0.509. The maximum absolute atomic E-state index is 12.5. The van der Waals surface area contributed by atoms with Gasteiger partial charge in [-0.1, -0.05) is 30.3 Å². The molecule has 2 unspecified atom stereocenters. The van der Waals surface area contributed by atoms with Crippen molar-refractivity contribution < 1.29 is 28.6 Å². The Morgan fingerprint density at radius 2 is 1.24 bits per heavy atom. The van der Waals surface area contributed by atoms with E-state index in [0.29, 0.717) is 12.1 Å². The number of hydrogen-bond donors (Lipinski definition) is 3. The van der Waals surface area contributed by atoms with E-state index in [4.69, 9.17) is 14.2 Å². The molecule has 5 rings (SSSR count). The van der Waals surface area contributed by atoms with Gasteiger partial charge < -0.3 is 35.1 Å². The Bertz CT molecular complexity index is 1040. The molecule has 4 saturated heterocycles. The summed E-state index contributed by atoms with van der Waals surface area (Å²) in [5, 5.41) is 9.48. The summed E-state index contributed by atoms with van der Waals surface area (Å²) in [7, 11) is 0. The summed E-state index contributed by atoms with van der Waals surface area (Å²) in [4.78, 5) is 38.0. The number of carbonyl (C=O) groups excluding carboxylic acids is 3. The predicted octanol–water partition coefficient (Wildman–Crippen LogP) is 5.64. The first kappa shape index (κ1) is 31.9. The normalized spacial score (nSPS) is 28.2. The highest BCUT2D eigenvalue weighted by atomic mass is 16.6. The molecule has 0 aliphatic carbocycles. The standard InChI is InChI=1S/C20H28N2O4.C12H22N2O2/c1-20(2,3)26-18(23)21-15-11-16-9-10-17(12-15)22(16)19(24)25-13-14-7-5-4-6-8-14;1-12(2,3)16-11(15)14-10-6-8-4-5-9(7-10)13-8/h4-8,15-17H,9-13H2,1-3H3,(H,21,23);8-10,13H,4-7H2,1-3H3,(H,14,15)/t15?,16-,17+;8-,9+,10?. The van der Waals surface area contributed by atoms with Crippen LogP contribution in [0.5, 0.6) is 0 Å². The number of amides is 3. The molecule has 0 radical (unpaired) electrons. The first-order chi connectivity index (χ1) is 19.7. The van der Waals surface area contributed by atoms with Crippen LogP contribution in [0.4, 0.5) is 14.4 Å². The SMILES string of the molecule is CC(C)(C)OC(=O)NC1C[C@H]2CC[C@@H](C1)N2.CC(C)(C)OC(=O)NC1C[C@H]2CC[C@@H](C1)N2C(=O)OCc1ccccc1. The zero-order valence-corrected chi connectivity index (χ0v) is 26.1.